The van der Waals surface area contributed by atoms with Gasteiger partial charge in [0, 0.05) is 33.6 Å². The Labute approximate surface area is 375 Å². The summed E-state index contributed by atoms with van der Waals surface area (Å²) in [7, 11) is 3.28. The number of alkyl halides is 1. The normalized spacial score (nSPS) is 19.1. The molecule has 2 saturated carbocycles. The van der Waals surface area contributed by atoms with Gasteiger partial charge in [0.15, 0.2) is 0 Å². The van der Waals surface area contributed by atoms with Gasteiger partial charge >= 0.3 is 190 Å². The van der Waals surface area contributed by atoms with E-state index in [1.54, 1.807) is 39.0 Å². The van der Waals surface area contributed by atoms with Crippen LogP contribution in [0.4, 0.5) is 11.8 Å². The number of aromatic nitrogens is 8. The smallest absolute Gasteiger partial charge is 0.222 e. The fourth-order valence-electron chi connectivity index (χ4n) is 6.74. The van der Waals surface area contributed by atoms with E-state index in [2.05, 4.69) is 109 Å². The molecule has 2 fully saturated rings. The van der Waals surface area contributed by atoms with Gasteiger partial charge in [0.25, 0.3) is 0 Å². The van der Waals surface area contributed by atoms with Crippen molar-refractivity contribution >= 4 is 90.4 Å². The van der Waals surface area contributed by atoms with Crippen molar-refractivity contribution in [2.45, 2.75) is 61.3 Å². The standard InChI is InChI=1S/C20H22I2N5O.C16H22N4O.C4H2ClIN2/c1-28-19-18-14(8-9-23-19)4-7-17(27-18)22-16-5-2-13(3-6-16)10-24-20-25-11-15(21)12-26-20;1-21-16-15-12(8-9-18-16)4-7-14(20-15)19-13-5-2-11(10-17)3-6-13;5-4-7-1-3(6)2-8-4/h4,7-9,11-13,16H,2-3,5-6,10H2,1H3,(H,24,25,26);4,7-9,11,13H,2-3,5-6,10,17H2,1H3,(H,19,20);1-2H/q-1;;. The monoisotopic (exact) mass is 1130 g/mol. The minimum atomic E-state index is -0.105. The summed E-state index contributed by atoms with van der Waals surface area (Å²) >= 11 is 9.62. The van der Waals surface area contributed by atoms with Crippen LogP contribution in [-0.4, -0.2) is 77.1 Å². The predicted molar refractivity (Wildman–Crippen MR) is 238 cm³/mol. The molecule has 57 heavy (non-hydrogen) atoms. The Balaban J connectivity index is 0.000000166. The predicted octanol–water partition coefficient (Wildman–Crippen LogP) is 5.26. The van der Waals surface area contributed by atoms with Crippen LogP contribution >= 0.6 is 56.8 Å². The van der Waals surface area contributed by atoms with E-state index in [9.17, 15) is 0 Å². The Bertz CT molecular complexity index is 2140. The van der Waals surface area contributed by atoms with Crippen molar-refractivity contribution < 1.29 is 30.7 Å². The van der Waals surface area contributed by atoms with E-state index in [-0.39, 0.29) is 21.2 Å². The van der Waals surface area contributed by atoms with Gasteiger partial charge in [0.05, 0.1) is 7.11 Å². The van der Waals surface area contributed by atoms with E-state index in [0.29, 0.717) is 34.9 Å². The molecule has 13 nitrogen and oxygen atoms in total. The van der Waals surface area contributed by atoms with Crippen molar-refractivity contribution in [1.82, 2.24) is 39.9 Å². The largest absolute Gasteiger partial charge is 0.225 e. The maximum absolute atomic E-state index is 5.74. The zero-order valence-corrected chi connectivity index (χ0v) is 39.0. The van der Waals surface area contributed by atoms with Crippen LogP contribution in [-0.2, 0) is 0 Å². The number of fused-ring (bicyclic) bond motifs is 2. The number of hydrogen-bond donors (Lipinski definition) is 3. The van der Waals surface area contributed by atoms with Crippen LogP contribution in [0.1, 0.15) is 51.4 Å². The summed E-state index contributed by atoms with van der Waals surface area (Å²) in [5.41, 5.74) is 7.43. The first-order chi connectivity index (χ1) is 27.8. The van der Waals surface area contributed by atoms with Crippen LogP contribution in [0.2, 0.25) is 5.28 Å². The van der Waals surface area contributed by atoms with Gasteiger partial charge in [0.2, 0.25) is 11.2 Å². The number of anilines is 2. The third-order valence-electron chi connectivity index (χ3n) is 9.84. The maximum atomic E-state index is 5.74. The van der Waals surface area contributed by atoms with Crippen molar-refractivity contribution in [3.63, 3.8) is 0 Å². The third kappa shape index (κ3) is 13.2. The molecule has 0 amide bonds. The summed E-state index contributed by atoms with van der Waals surface area (Å²) in [5.74, 6) is 4.22. The number of nitrogens with two attached hydrogens (primary N) is 1. The van der Waals surface area contributed by atoms with E-state index in [1.165, 1.54) is 42.2 Å². The first kappa shape index (κ1) is 43.5. The van der Waals surface area contributed by atoms with Crippen molar-refractivity contribution in [1.29, 1.82) is 0 Å². The van der Waals surface area contributed by atoms with Crippen LogP contribution in [0.15, 0.2) is 73.6 Å². The molecule has 0 spiro atoms. The summed E-state index contributed by atoms with van der Waals surface area (Å²) in [5, 5.41) is 9.35. The number of hydrogen-bond acceptors (Lipinski definition) is 13. The Morgan fingerprint density at radius 1 is 0.702 bits per heavy atom. The quantitative estimate of drug-likeness (QED) is 0.0703. The molecule has 0 unspecified atom stereocenters. The molecule has 0 radical (unpaired) electrons. The number of methoxy groups -OCH3 is 2. The molecular weight excluding hydrogens is 1080 g/mol. The summed E-state index contributed by atoms with van der Waals surface area (Å²) in [6.07, 6.45) is 20.4. The van der Waals surface area contributed by atoms with Gasteiger partial charge in [-0.15, -0.1) is 0 Å². The van der Waals surface area contributed by atoms with E-state index in [1.807, 2.05) is 30.6 Å². The molecule has 6 aromatic rings. The molecule has 0 saturated heterocycles. The number of rotatable bonds is 10. The Morgan fingerprint density at radius 2 is 1.26 bits per heavy atom. The molecule has 17 heteroatoms. The second-order valence-corrected chi connectivity index (χ2v) is 20.0. The molecule has 0 aromatic carbocycles. The van der Waals surface area contributed by atoms with Crippen molar-refractivity contribution in [2.24, 2.45) is 17.6 Å². The van der Waals surface area contributed by atoms with E-state index in [4.69, 9.17) is 31.8 Å². The zero-order valence-electron chi connectivity index (χ0n) is 31.8. The van der Waals surface area contributed by atoms with Crippen LogP contribution in [0.25, 0.3) is 21.8 Å². The topological polar surface area (TPSA) is 172 Å². The number of nitrogens with one attached hydrogen (secondary N) is 2. The molecule has 2 aliphatic rings. The molecule has 0 bridgehead atoms. The number of halogens is 4. The summed E-state index contributed by atoms with van der Waals surface area (Å²) < 4.78 is 14.8. The fraction of sp³-hybridized carbons (Fsp3) is 0.400. The SMILES string of the molecule is COc1nccc2ccc(NC3CCC(CN)CC3)nc12.COc1nccc2ccc([I-]C3CCC(CNc4ncc(I)cn4)CC3)nc12.Clc1ncc(I)cn1. The van der Waals surface area contributed by atoms with Crippen LogP contribution in [0, 0.1) is 22.7 Å². The minimum Gasteiger partial charge on any atom is -0.225 e. The van der Waals surface area contributed by atoms with Crippen molar-refractivity contribution in [3.05, 3.63) is 89.7 Å². The van der Waals surface area contributed by atoms with Gasteiger partial charge in [-0.1, -0.05) is 0 Å². The third-order valence-corrected chi connectivity index (χ3v) is 14.5. The molecule has 0 aliphatic heterocycles. The van der Waals surface area contributed by atoms with Crippen molar-refractivity contribution in [3.8, 4) is 11.8 Å². The average molecular weight is 1130 g/mol. The molecule has 4 N–H and O–H groups in total. The molecular formula is C40H46ClI3N11O2-. The fourth-order valence-corrected chi connectivity index (χ4v) is 10.4. The van der Waals surface area contributed by atoms with E-state index < -0.39 is 0 Å². The van der Waals surface area contributed by atoms with Gasteiger partial charge in [-0.05, 0) is 90.5 Å². The van der Waals surface area contributed by atoms with Gasteiger partial charge < -0.3 is 15.8 Å². The Morgan fingerprint density at radius 3 is 1.84 bits per heavy atom. The van der Waals surface area contributed by atoms with Gasteiger partial charge in [0.1, 0.15) is 11.3 Å². The van der Waals surface area contributed by atoms with Crippen LogP contribution < -0.4 is 47.0 Å². The summed E-state index contributed by atoms with van der Waals surface area (Å²) in [4.78, 5) is 34.1. The molecule has 6 heterocycles. The first-order valence-electron chi connectivity index (χ1n) is 18.8. The first-order valence-corrected chi connectivity index (χ1v) is 23.7. The average Bonchev–Trinajstić information content (AvgIpc) is 3.25. The van der Waals surface area contributed by atoms with Gasteiger partial charge in [-0.25, -0.2) is 19.9 Å². The second kappa shape index (κ2) is 22.3. The van der Waals surface area contributed by atoms with E-state index >= 15 is 0 Å². The zero-order chi connectivity index (χ0) is 40.0. The minimum absolute atomic E-state index is 0.105. The second-order valence-electron chi connectivity index (χ2n) is 13.7. The molecule has 0 atom stereocenters. The maximum Gasteiger partial charge on any atom is 0.222 e. The number of ether oxygens (including phenoxy) is 2. The van der Waals surface area contributed by atoms with E-state index in [0.717, 1.165) is 70.6 Å². The summed E-state index contributed by atoms with van der Waals surface area (Å²) in [6, 6.07) is 12.8. The number of nitrogens with zero attached hydrogens (tertiary/aromatic N) is 8. The molecule has 2 aliphatic carbocycles. The van der Waals surface area contributed by atoms with Gasteiger partial charge in [-0.2, -0.15) is 0 Å². The Hall–Kier alpha value is -3.08. The number of pyridine rings is 4. The van der Waals surface area contributed by atoms with Gasteiger partial charge in [-0.3, -0.25) is 0 Å². The summed E-state index contributed by atoms with van der Waals surface area (Å²) in [6.45, 7) is 1.77. The molecule has 302 valence electrons. The van der Waals surface area contributed by atoms with Crippen LogP contribution in [0.3, 0.4) is 0 Å². The Kier molecular flexibility index (Phi) is 17.0. The van der Waals surface area contributed by atoms with Crippen LogP contribution in [0.5, 0.6) is 11.8 Å². The molecule has 6 aromatic heterocycles. The van der Waals surface area contributed by atoms with Crippen molar-refractivity contribution in [2.75, 3.05) is 37.9 Å². The molecule has 8 rings (SSSR count).